The predicted molar refractivity (Wildman–Crippen MR) is 459 cm³/mol. The molecule has 0 spiro atoms. The number of carboxylic acids is 1. The molecule has 6 fully saturated rings. The maximum Gasteiger partial charge on any atom is 0.322 e. The van der Waals surface area contributed by atoms with Crippen molar-refractivity contribution in [1.29, 1.82) is 0 Å². The number of amides is 11. The first-order chi connectivity index (χ1) is 61.4. The molecule has 2 atom stereocenters. The lowest BCUT2D eigenvalue weighted by atomic mass is 10.0. The van der Waals surface area contributed by atoms with Crippen molar-refractivity contribution in [2.24, 2.45) is 0 Å². The van der Waals surface area contributed by atoms with Crippen molar-refractivity contribution in [1.82, 2.24) is 51.0 Å². The zero-order valence-electron chi connectivity index (χ0n) is 68.4. The van der Waals surface area contributed by atoms with E-state index in [0.29, 0.717) is 121 Å². The van der Waals surface area contributed by atoms with Crippen LogP contribution in [0.15, 0.2) is 146 Å². The number of piperidine rings is 2. The number of aliphatic carboxylic acids is 1. The quantitative estimate of drug-likeness (QED) is 0.0223. The van der Waals surface area contributed by atoms with Crippen molar-refractivity contribution >= 4 is 139 Å². The molecule has 12 N–H and O–H groups in total. The van der Waals surface area contributed by atoms with E-state index >= 15 is 0 Å². The molecule has 0 saturated carbocycles. The van der Waals surface area contributed by atoms with Crippen molar-refractivity contribution < 1.29 is 89.7 Å². The van der Waals surface area contributed by atoms with Crippen molar-refractivity contribution in [2.75, 3.05) is 134 Å². The molecule has 0 aliphatic carbocycles. The summed E-state index contributed by atoms with van der Waals surface area (Å²) in [7, 11) is 0. The number of nitrogens with zero attached hydrogens (tertiary/aromatic N) is 7. The maximum atomic E-state index is 14.0. The van der Waals surface area contributed by atoms with Gasteiger partial charge in [-0.3, -0.25) is 88.2 Å². The molecule has 10 aromatic rings. The lowest BCUT2D eigenvalue weighted by molar-refractivity contribution is -0.137. The summed E-state index contributed by atoms with van der Waals surface area (Å²) < 4.78 is 66.2. The third kappa shape index (κ3) is 19.9. The first-order valence-corrected chi connectivity index (χ1v) is 41.7. The highest BCUT2D eigenvalue weighted by atomic mass is 19.1. The molecule has 127 heavy (non-hydrogen) atoms. The number of nitrogens with one attached hydrogen (secondary N) is 11. The molecule has 11 amide bonds. The molecular weight excluding hydrogens is 1650 g/mol. The molecular formula is C90H88F4N18O15. The number of anilines is 8. The number of carbonyl (C=O) groups is 12. The number of carboxylic acid groups (broad SMARTS) is 1. The van der Waals surface area contributed by atoms with Crippen LogP contribution in [0.1, 0.15) is 136 Å². The molecule has 18 rings (SSSR count). The summed E-state index contributed by atoms with van der Waals surface area (Å²) in [5, 5.41) is 51.1. The van der Waals surface area contributed by atoms with Gasteiger partial charge in [0.05, 0.1) is 51.0 Å². The lowest BCUT2D eigenvalue weighted by Gasteiger charge is -2.36. The highest BCUT2D eigenvalue weighted by Gasteiger charge is 2.47. The topological polar surface area (TPSA) is 425 Å². The van der Waals surface area contributed by atoms with E-state index in [9.17, 15) is 75.1 Å². The summed E-state index contributed by atoms with van der Waals surface area (Å²) in [5.41, 5.74) is 9.74. The van der Waals surface area contributed by atoms with Gasteiger partial charge in [-0.1, -0.05) is 12.1 Å². The van der Waals surface area contributed by atoms with E-state index in [1.54, 1.807) is 17.0 Å². The molecule has 37 heteroatoms. The Kier molecular flexibility index (Phi) is 25.7. The zero-order chi connectivity index (χ0) is 88.7. The number of H-pyrrole nitrogens is 2. The van der Waals surface area contributed by atoms with Crippen molar-refractivity contribution in [2.45, 2.75) is 88.4 Å². The number of carbonyl (C=O) groups excluding carboxylic acids is 11. The summed E-state index contributed by atoms with van der Waals surface area (Å²) in [6.07, 6.45) is 4.12. The fraction of sp³-hybridized carbons (Fsp3) is 0.311. The number of hydrogen-bond donors (Lipinski definition) is 12. The van der Waals surface area contributed by atoms with Crippen LogP contribution >= 0.6 is 0 Å². The second-order valence-corrected chi connectivity index (χ2v) is 31.9. The van der Waals surface area contributed by atoms with Crippen LogP contribution in [0.25, 0.3) is 21.8 Å². The van der Waals surface area contributed by atoms with Gasteiger partial charge in [0.25, 0.3) is 35.4 Å². The first-order valence-electron chi connectivity index (χ1n) is 41.7. The Labute approximate surface area is 722 Å². The monoisotopic (exact) mass is 1740 g/mol. The average Bonchev–Trinajstić information content (AvgIpc) is 1.61. The molecule has 6 saturated heterocycles. The summed E-state index contributed by atoms with van der Waals surface area (Å²) in [5.74, 6) is -8.41. The van der Waals surface area contributed by atoms with E-state index in [4.69, 9.17) is 14.6 Å². The third-order valence-electron chi connectivity index (χ3n) is 23.3. The SMILES string of the molecule is O=C(Nc1n[nH]c2ccc(Cc3cc(F)cc(F)c3)cc12)c1ccc(N2CCNCC2)cc1NC1CCOCC1.O=C(O)CNc1ccc2c(c1)C(=O)N(C1CCC(=O)NC1=O)C2=O.O=C1CCC(N2C(=O)c3ccc(NCC(=O)N4CCN(c5ccc(C(=O)Nc6n[nH]c7ccc(Cc8cc(F)cc(F)c8)cc67)c(NC6CCOCC6)c5)CC4)cc3C2=O)C(=O)N1. The van der Waals surface area contributed by atoms with Crippen LogP contribution in [0.2, 0.25) is 0 Å². The van der Waals surface area contributed by atoms with Crippen LogP contribution in [0.4, 0.5) is 63.3 Å². The predicted octanol–water partition coefficient (Wildman–Crippen LogP) is 8.71. The molecule has 2 unspecified atom stereocenters. The Bertz CT molecular complexity index is 6000. The van der Waals surface area contributed by atoms with Gasteiger partial charge in [0.1, 0.15) is 41.9 Å². The minimum atomic E-state index is -1.07. The number of aromatic nitrogens is 4. The standard InChI is InChI=1S/C45H43F2N9O7.C30H32F2N6O2.C15H13N3O6/c46-27-18-26(19-28(47)21-27)17-25-1-6-36-35(20-25)41(53-52-36)51-42(59)33-5-3-31(23-37(33)49-29-9-15-63-16-10-29)54-11-13-55(14-12-54)40(58)24-48-30-2-4-32-34(22-30)45(62)56(44(32)61)38-7-8-39(57)50-43(38)60;31-21-14-20(15-22(32)17-21)13-19-1-4-27-26(16-19)29(37-36-27)35-30(39)25-3-2-24(38-9-7-33-8-10-38)18-28(25)34-23-5-11-40-12-6-23;19-11-4-3-10(13(22)17-11)18-14(23)8-2-1-7(16-6-12(20)21)5-9(8)15(18)24/h1-6,18-23,29,38,48-49H,7-17,24H2,(H,50,57,60)(H2,51,52,53,59);1-4,14-18,23,33-34H,5-13H2,(H2,35,36,37,39);1-2,5,10,16H,3-4,6H2,(H,20,21)(H,17,19,22). The van der Waals surface area contributed by atoms with Gasteiger partial charge in [-0.05, 0) is 195 Å². The van der Waals surface area contributed by atoms with Crippen molar-refractivity contribution in [3.8, 4) is 0 Å². The molecule has 8 aliphatic rings. The second kappa shape index (κ2) is 37.9. The number of fused-ring (bicyclic) bond motifs is 4. The van der Waals surface area contributed by atoms with Crippen LogP contribution in [0, 0.1) is 23.3 Å². The number of benzene rings is 8. The van der Waals surface area contributed by atoms with Gasteiger partial charge in [-0.25, -0.2) is 17.6 Å². The van der Waals surface area contributed by atoms with Crippen LogP contribution < -0.4 is 57.7 Å². The molecule has 656 valence electrons. The summed E-state index contributed by atoms with van der Waals surface area (Å²) in [4.78, 5) is 158. The van der Waals surface area contributed by atoms with Gasteiger partial charge in [0, 0.05) is 161 Å². The fourth-order valence-corrected chi connectivity index (χ4v) is 16.8. The number of rotatable bonds is 22. The van der Waals surface area contributed by atoms with Gasteiger partial charge in [0.15, 0.2) is 11.6 Å². The molecule has 0 radical (unpaired) electrons. The van der Waals surface area contributed by atoms with Crippen molar-refractivity contribution in [3.63, 3.8) is 0 Å². The normalized spacial score (nSPS) is 17.9. The zero-order valence-corrected chi connectivity index (χ0v) is 68.4. The van der Waals surface area contributed by atoms with Crippen LogP contribution in [-0.2, 0) is 51.1 Å². The highest BCUT2D eigenvalue weighted by Crippen LogP contribution is 2.36. The largest absolute Gasteiger partial charge is 0.480 e. The summed E-state index contributed by atoms with van der Waals surface area (Å²) >= 11 is 0. The smallest absolute Gasteiger partial charge is 0.322 e. The lowest BCUT2D eigenvalue weighted by Crippen LogP contribution is -2.54. The summed E-state index contributed by atoms with van der Waals surface area (Å²) in [6.45, 7) is 7.80. The molecule has 8 aliphatic heterocycles. The van der Waals surface area contributed by atoms with Crippen molar-refractivity contribution in [3.05, 3.63) is 224 Å². The minimum absolute atomic E-state index is 0.0234. The molecule has 0 bridgehead atoms. The van der Waals surface area contributed by atoms with Gasteiger partial charge >= 0.3 is 5.97 Å². The average molecular weight is 1740 g/mol. The summed E-state index contributed by atoms with van der Waals surface area (Å²) in [6, 6.07) is 36.6. The van der Waals surface area contributed by atoms with Crippen LogP contribution in [0.5, 0.6) is 0 Å². The van der Waals surface area contributed by atoms with E-state index in [1.807, 2.05) is 60.7 Å². The van der Waals surface area contributed by atoms with E-state index in [1.165, 1.54) is 54.6 Å². The highest BCUT2D eigenvalue weighted by molar-refractivity contribution is 6.25. The number of hydrogen-bond acceptors (Lipinski definition) is 23. The molecule has 33 nitrogen and oxygen atoms in total. The van der Waals surface area contributed by atoms with Gasteiger partial charge < -0.3 is 66.5 Å². The Hall–Kier alpha value is -14.5. The van der Waals surface area contributed by atoms with E-state index in [0.717, 1.165) is 113 Å². The Morgan fingerprint density at radius 2 is 0.858 bits per heavy atom. The van der Waals surface area contributed by atoms with Crippen LogP contribution in [-0.4, -0.2) is 227 Å². The molecule has 10 heterocycles. The number of piperazine rings is 2. The van der Waals surface area contributed by atoms with Gasteiger partial charge in [0.2, 0.25) is 29.5 Å². The Morgan fingerprint density at radius 1 is 0.441 bits per heavy atom. The van der Waals surface area contributed by atoms with E-state index in [-0.39, 0.29) is 97.3 Å². The van der Waals surface area contributed by atoms with E-state index in [2.05, 4.69) is 84.1 Å². The van der Waals surface area contributed by atoms with E-state index < -0.39 is 88.6 Å². The third-order valence-corrected chi connectivity index (χ3v) is 23.3. The van der Waals surface area contributed by atoms with Gasteiger partial charge in [-0.15, -0.1) is 0 Å². The molecule has 8 aromatic carbocycles. The first kappa shape index (κ1) is 86.1. The number of ether oxygens (including phenoxy) is 2. The van der Waals surface area contributed by atoms with Crippen LogP contribution in [0.3, 0.4) is 0 Å². The second-order valence-electron chi connectivity index (χ2n) is 31.9. The Morgan fingerprint density at radius 3 is 1.28 bits per heavy atom. The minimum Gasteiger partial charge on any atom is -0.480 e. The van der Waals surface area contributed by atoms with Gasteiger partial charge in [-0.2, -0.15) is 10.2 Å². The molecule has 2 aromatic heterocycles. The number of imide groups is 4. The number of aromatic amines is 2. The fourth-order valence-electron chi connectivity index (χ4n) is 16.8. The Balaban J connectivity index is 0.000000157. The maximum absolute atomic E-state index is 14.0. The number of halogens is 4.